The Morgan fingerprint density at radius 3 is 2.26 bits per heavy atom. The summed E-state index contributed by atoms with van der Waals surface area (Å²) in [4.78, 5) is 11.6. The van der Waals surface area contributed by atoms with Crippen molar-refractivity contribution >= 4 is 67.4 Å². The minimum Gasteiger partial charge on any atom is -0.464 e. The van der Waals surface area contributed by atoms with E-state index in [2.05, 4.69) is 21.0 Å². The first-order valence-electron chi connectivity index (χ1n) is 10.3. The third-order valence-electron chi connectivity index (χ3n) is 5.28. The first-order chi connectivity index (χ1) is 16.5. The minimum atomic E-state index is -0.964. The molecule has 0 aliphatic carbocycles. The predicted molar refractivity (Wildman–Crippen MR) is 142 cm³/mol. The van der Waals surface area contributed by atoms with Gasteiger partial charge >= 0.3 is 5.97 Å². The van der Waals surface area contributed by atoms with Gasteiger partial charge in [-0.3, -0.25) is 0 Å². The average Bonchev–Trinajstić information content (AvgIpc) is 3.25. The number of thioether (sulfide) groups is 1. The molecule has 0 amide bonds. The van der Waals surface area contributed by atoms with E-state index in [4.69, 9.17) is 21.4 Å². The third-order valence-corrected chi connectivity index (χ3v) is 7.29. The highest BCUT2D eigenvalue weighted by atomic mass is 79.9. The standard InChI is InChI=1S/C25H18BrClN4O2S/c1-33-24(32)23-29-31(21-13-9-18(26)10-14-21)25(34-23)16-15-22(17-7-11-19(27)12-8-17)28-30(25)20-5-3-2-4-6-20/h2-16H,1H3. The molecule has 34 heavy (non-hydrogen) atoms. The van der Waals surface area contributed by atoms with Gasteiger partial charge in [0, 0.05) is 15.1 Å². The molecule has 3 aromatic rings. The Balaban J connectivity index is 1.66. The molecule has 5 rings (SSSR count). The SMILES string of the molecule is COC(=O)C1=NN(c2ccc(Br)cc2)C2(C=CC(c3ccc(Cl)cc3)=NN2c2ccccc2)S1. The molecule has 1 spiro atoms. The van der Waals surface area contributed by atoms with E-state index < -0.39 is 11.0 Å². The Morgan fingerprint density at radius 2 is 1.59 bits per heavy atom. The fourth-order valence-corrected chi connectivity index (χ4v) is 5.22. The summed E-state index contributed by atoms with van der Waals surface area (Å²) >= 11 is 10.9. The van der Waals surface area contributed by atoms with Gasteiger partial charge in [-0.2, -0.15) is 10.2 Å². The molecule has 2 aliphatic rings. The van der Waals surface area contributed by atoms with Crippen LogP contribution < -0.4 is 10.0 Å². The van der Waals surface area contributed by atoms with Gasteiger partial charge in [-0.15, -0.1) is 0 Å². The van der Waals surface area contributed by atoms with Crippen LogP contribution in [0.25, 0.3) is 0 Å². The molecule has 0 fully saturated rings. The fraction of sp³-hybridized carbons (Fsp3) is 0.0800. The van der Waals surface area contributed by atoms with Crippen LogP contribution >= 0.6 is 39.3 Å². The van der Waals surface area contributed by atoms with E-state index in [9.17, 15) is 4.79 Å². The van der Waals surface area contributed by atoms with E-state index in [0.29, 0.717) is 5.02 Å². The van der Waals surface area contributed by atoms with Gasteiger partial charge in [0.25, 0.3) is 0 Å². The van der Waals surface area contributed by atoms with E-state index in [1.807, 2.05) is 96.0 Å². The molecule has 0 aromatic heterocycles. The molecular weight excluding hydrogens is 536 g/mol. The maximum Gasteiger partial charge on any atom is 0.365 e. The number of hydrogen-bond donors (Lipinski definition) is 0. The van der Waals surface area contributed by atoms with Crippen molar-refractivity contribution in [2.45, 2.75) is 4.99 Å². The zero-order valence-corrected chi connectivity index (χ0v) is 21.1. The van der Waals surface area contributed by atoms with Gasteiger partial charge in [0.15, 0.2) is 0 Å². The molecule has 0 N–H and O–H groups in total. The number of ether oxygens (including phenoxy) is 1. The van der Waals surface area contributed by atoms with Crippen molar-refractivity contribution in [1.82, 2.24) is 0 Å². The van der Waals surface area contributed by atoms with Gasteiger partial charge in [-0.25, -0.2) is 14.8 Å². The normalized spacial score (nSPS) is 19.3. The number of halogens is 2. The lowest BCUT2D eigenvalue weighted by Crippen LogP contribution is -2.53. The lowest BCUT2D eigenvalue weighted by molar-refractivity contribution is -0.132. The van der Waals surface area contributed by atoms with Crippen LogP contribution in [0.15, 0.2) is 106 Å². The molecule has 0 radical (unpaired) electrons. The number of hydrogen-bond acceptors (Lipinski definition) is 7. The predicted octanol–water partition coefficient (Wildman–Crippen LogP) is 6.28. The number of hydrazone groups is 2. The van der Waals surface area contributed by atoms with Crippen molar-refractivity contribution in [3.63, 3.8) is 0 Å². The second-order valence-electron chi connectivity index (χ2n) is 7.42. The van der Waals surface area contributed by atoms with E-state index in [1.54, 1.807) is 5.01 Å². The molecule has 2 aliphatic heterocycles. The summed E-state index contributed by atoms with van der Waals surface area (Å²) in [7, 11) is 1.35. The minimum absolute atomic E-state index is 0.237. The first-order valence-corrected chi connectivity index (χ1v) is 12.3. The van der Waals surface area contributed by atoms with Crippen molar-refractivity contribution in [3.05, 3.63) is 106 Å². The highest BCUT2D eigenvalue weighted by molar-refractivity contribution is 9.10. The highest BCUT2D eigenvalue weighted by Gasteiger charge is 2.51. The molecule has 1 unspecified atom stereocenters. The molecule has 9 heteroatoms. The molecular formula is C25H18BrClN4O2S. The van der Waals surface area contributed by atoms with Crippen LogP contribution in [0.5, 0.6) is 0 Å². The molecule has 0 bridgehead atoms. The molecule has 3 aromatic carbocycles. The summed E-state index contributed by atoms with van der Waals surface area (Å²) in [6, 6.07) is 25.1. The summed E-state index contributed by atoms with van der Waals surface area (Å²) in [5.74, 6) is -0.502. The Labute approximate surface area is 214 Å². The number of benzene rings is 3. The van der Waals surface area contributed by atoms with Crippen LogP contribution in [0.2, 0.25) is 5.02 Å². The maximum absolute atomic E-state index is 12.5. The number of carbonyl (C=O) groups excluding carboxylic acids is 1. The number of allylic oxidation sites excluding steroid dienone is 1. The quantitative estimate of drug-likeness (QED) is 0.356. The lowest BCUT2D eigenvalue weighted by Gasteiger charge is -2.43. The van der Waals surface area contributed by atoms with Crippen molar-refractivity contribution in [2.24, 2.45) is 10.2 Å². The van der Waals surface area contributed by atoms with Crippen molar-refractivity contribution < 1.29 is 9.53 Å². The van der Waals surface area contributed by atoms with Crippen molar-refractivity contribution in [3.8, 4) is 0 Å². The fourth-order valence-electron chi connectivity index (χ4n) is 3.66. The molecule has 2 heterocycles. The van der Waals surface area contributed by atoms with Crippen molar-refractivity contribution in [1.29, 1.82) is 0 Å². The van der Waals surface area contributed by atoms with Gasteiger partial charge in [0.2, 0.25) is 10.0 Å². The van der Waals surface area contributed by atoms with E-state index in [1.165, 1.54) is 18.9 Å². The van der Waals surface area contributed by atoms with E-state index >= 15 is 0 Å². The van der Waals surface area contributed by atoms with Crippen LogP contribution in [-0.4, -0.2) is 28.8 Å². The lowest BCUT2D eigenvalue weighted by atomic mass is 10.1. The molecule has 0 saturated heterocycles. The van der Waals surface area contributed by atoms with Crippen LogP contribution in [0.3, 0.4) is 0 Å². The first kappa shape index (κ1) is 22.7. The van der Waals surface area contributed by atoms with Gasteiger partial charge in [-0.05, 0) is 72.4 Å². The maximum atomic E-state index is 12.5. The van der Waals surface area contributed by atoms with Crippen LogP contribution in [0, 0.1) is 0 Å². The van der Waals surface area contributed by atoms with E-state index in [-0.39, 0.29) is 5.04 Å². The molecule has 0 saturated carbocycles. The number of methoxy groups -OCH3 is 1. The largest absolute Gasteiger partial charge is 0.464 e. The topological polar surface area (TPSA) is 57.5 Å². The van der Waals surface area contributed by atoms with Gasteiger partial charge < -0.3 is 4.74 Å². The summed E-state index contributed by atoms with van der Waals surface area (Å²) in [6.07, 6.45) is 3.94. The summed E-state index contributed by atoms with van der Waals surface area (Å²) in [5.41, 5.74) is 3.32. The Morgan fingerprint density at radius 1 is 0.941 bits per heavy atom. The van der Waals surface area contributed by atoms with E-state index in [0.717, 1.165) is 27.1 Å². The number of para-hydroxylation sites is 1. The molecule has 1 atom stereocenters. The zero-order chi connectivity index (χ0) is 23.7. The third kappa shape index (κ3) is 4.13. The Bertz CT molecular complexity index is 1310. The van der Waals surface area contributed by atoms with Crippen LogP contribution in [0.1, 0.15) is 5.56 Å². The number of anilines is 2. The summed E-state index contributed by atoms with van der Waals surface area (Å²) in [6.45, 7) is 0. The monoisotopic (exact) mass is 552 g/mol. The molecule has 170 valence electrons. The van der Waals surface area contributed by atoms with Gasteiger partial charge in [-0.1, -0.05) is 57.9 Å². The Hall–Kier alpha value is -3.07. The van der Waals surface area contributed by atoms with Crippen LogP contribution in [0.4, 0.5) is 11.4 Å². The van der Waals surface area contributed by atoms with Crippen LogP contribution in [-0.2, 0) is 9.53 Å². The van der Waals surface area contributed by atoms with Crippen molar-refractivity contribution in [2.75, 3.05) is 17.1 Å². The van der Waals surface area contributed by atoms with Gasteiger partial charge in [0.1, 0.15) is 0 Å². The summed E-state index contributed by atoms with van der Waals surface area (Å²) in [5, 5.41) is 14.3. The summed E-state index contributed by atoms with van der Waals surface area (Å²) < 4.78 is 5.94. The second kappa shape index (κ2) is 9.29. The second-order valence-corrected chi connectivity index (χ2v) is 9.96. The number of carbonyl (C=O) groups is 1. The zero-order valence-electron chi connectivity index (χ0n) is 17.9. The smallest absolute Gasteiger partial charge is 0.365 e. The number of nitrogens with zero attached hydrogens (tertiary/aromatic N) is 4. The number of esters is 1. The molecule has 6 nitrogen and oxygen atoms in total. The highest BCUT2D eigenvalue weighted by Crippen LogP contribution is 2.48. The Kier molecular flexibility index (Phi) is 6.20. The number of rotatable bonds is 4. The van der Waals surface area contributed by atoms with Gasteiger partial charge in [0.05, 0.1) is 24.2 Å². The average molecular weight is 554 g/mol.